The van der Waals surface area contributed by atoms with Gasteiger partial charge in [-0.1, -0.05) is 43.7 Å². The summed E-state index contributed by atoms with van der Waals surface area (Å²) in [5.74, 6) is -2.07. The molecule has 1 heterocycles. The minimum atomic E-state index is -1.21. The van der Waals surface area contributed by atoms with Crippen LogP contribution < -0.4 is 0 Å². The van der Waals surface area contributed by atoms with Crippen LogP contribution in [0.25, 0.3) is 0 Å². The molecule has 1 saturated heterocycles. The number of hydrogen-bond acceptors (Lipinski definition) is 7. The maximum Gasteiger partial charge on any atom is 0.304 e. The average molecular weight is 408 g/mol. The molecule has 0 bridgehead atoms. The highest BCUT2D eigenvalue weighted by molar-refractivity contribution is 5.66. The van der Waals surface area contributed by atoms with E-state index in [1.54, 1.807) is 0 Å². The van der Waals surface area contributed by atoms with Crippen LogP contribution in [-0.4, -0.2) is 43.3 Å². The van der Waals surface area contributed by atoms with Crippen molar-refractivity contribution in [2.24, 2.45) is 0 Å². The Morgan fingerprint density at radius 2 is 1.97 bits per heavy atom. The topological polar surface area (TPSA) is 80.3 Å². The van der Waals surface area contributed by atoms with Crippen molar-refractivity contribution in [3.8, 4) is 0 Å². The molecule has 0 radical (unpaired) electrons. The standard InChI is InChI=1S/C22H32O7/c1-4-5-11-21(28-18(3)24)29-22(16-26-17(2)23)14-20(12-13-27-22)25-15-19-9-7-6-8-10-19/h6-10,20-21H,4-5,11-16H2,1-3H3. The number of carbonyl (C=O) groups is 2. The quantitative estimate of drug-likeness (QED) is 0.408. The molecule has 1 aromatic carbocycles. The summed E-state index contributed by atoms with van der Waals surface area (Å²) in [5.41, 5.74) is 1.08. The van der Waals surface area contributed by atoms with Gasteiger partial charge >= 0.3 is 11.9 Å². The molecule has 29 heavy (non-hydrogen) atoms. The highest BCUT2D eigenvalue weighted by atomic mass is 16.8. The lowest BCUT2D eigenvalue weighted by Crippen LogP contribution is -2.51. The van der Waals surface area contributed by atoms with Gasteiger partial charge in [-0.05, 0) is 18.4 Å². The number of unbranched alkanes of at least 4 members (excludes halogenated alkanes) is 1. The summed E-state index contributed by atoms with van der Waals surface area (Å²) in [5, 5.41) is 0. The molecule has 0 N–H and O–H groups in total. The first-order valence-electron chi connectivity index (χ1n) is 10.2. The van der Waals surface area contributed by atoms with E-state index in [2.05, 4.69) is 0 Å². The Bertz CT molecular complexity index is 633. The monoisotopic (exact) mass is 408 g/mol. The predicted octanol–water partition coefficient (Wildman–Crippen LogP) is 3.74. The highest BCUT2D eigenvalue weighted by Gasteiger charge is 2.43. The number of carbonyl (C=O) groups excluding carboxylic acids is 2. The van der Waals surface area contributed by atoms with E-state index in [1.165, 1.54) is 13.8 Å². The molecule has 0 aliphatic carbocycles. The summed E-state index contributed by atoms with van der Waals surface area (Å²) in [6, 6.07) is 9.90. The van der Waals surface area contributed by atoms with Gasteiger partial charge in [-0.15, -0.1) is 0 Å². The van der Waals surface area contributed by atoms with Crippen molar-refractivity contribution in [2.45, 2.75) is 77.7 Å². The SMILES string of the molecule is CCCCC(OC(C)=O)OC1(COC(C)=O)CC(OCc2ccccc2)CCO1. The van der Waals surface area contributed by atoms with Gasteiger partial charge in [0.1, 0.15) is 6.61 Å². The summed E-state index contributed by atoms with van der Waals surface area (Å²) in [6.07, 6.45) is 2.47. The van der Waals surface area contributed by atoms with Crippen LogP contribution in [0.3, 0.4) is 0 Å². The van der Waals surface area contributed by atoms with Crippen LogP contribution in [-0.2, 0) is 39.9 Å². The summed E-state index contributed by atoms with van der Waals surface area (Å²) < 4.78 is 28.6. The summed E-state index contributed by atoms with van der Waals surface area (Å²) in [6.45, 7) is 5.50. The molecule has 3 atom stereocenters. The third-order valence-electron chi connectivity index (χ3n) is 4.60. The smallest absolute Gasteiger partial charge is 0.304 e. The van der Waals surface area contributed by atoms with Gasteiger partial charge in [-0.3, -0.25) is 9.59 Å². The Hall–Kier alpha value is -1.96. The van der Waals surface area contributed by atoms with E-state index in [9.17, 15) is 9.59 Å². The van der Waals surface area contributed by atoms with Crippen molar-refractivity contribution in [1.82, 2.24) is 0 Å². The molecule has 3 unspecified atom stereocenters. The fraction of sp³-hybridized carbons (Fsp3) is 0.636. The van der Waals surface area contributed by atoms with Crippen LogP contribution in [0.4, 0.5) is 0 Å². The first kappa shape index (κ1) is 23.3. The Morgan fingerprint density at radius 3 is 2.62 bits per heavy atom. The van der Waals surface area contributed by atoms with Crippen molar-refractivity contribution in [2.75, 3.05) is 13.2 Å². The molecular weight excluding hydrogens is 376 g/mol. The zero-order chi connectivity index (χ0) is 21.1. The van der Waals surface area contributed by atoms with E-state index in [0.29, 0.717) is 32.5 Å². The zero-order valence-electron chi connectivity index (χ0n) is 17.6. The van der Waals surface area contributed by atoms with E-state index < -0.39 is 24.0 Å². The minimum absolute atomic E-state index is 0.0859. The molecule has 0 saturated carbocycles. The molecule has 0 aromatic heterocycles. The van der Waals surface area contributed by atoms with E-state index in [0.717, 1.165) is 18.4 Å². The van der Waals surface area contributed by atoms with Crippen molar-refractivity contribution in [3.63, 3.8) is 0 Å². The Kier molecular flexibility index (Phi) is 9.57. The molecule has 1 aliphatic rings. The van der Waals surface area contributed by atoms with Crippen LogP contribution in [0, 0.1) is 0 Å². The van der Waals surface area contributed by atoms with Gasteiger partial charge in [-0.2, -0.15) is 0 Å². The third kappa shape index (κ3) is 8.51. The maximum atomic E-state index is 11.5. The number of hydrogen-bond donors (Lipinski definition) is 0. The lowest BCUT2D eigenvalue weighted by molar-refractivity contribution is -0.338. The van der Waals surface area contributed by atoms with E-state index in [4.69, 9.17) is 23.7 Å². The van der Waals surface area contributed by atoms with Crippen LogP contribution in [0.15, 0.2) is 30.3 Å². The molecule has 1 aliphatic heterocycles. The molecule has 0 spiro atoms. The molecule has 0 amide bonds. The Balaban J connectivity index is 2.06. The third-order valence-corrected chi connectivity index (χ3v) is 4.60. The fourth-order valence-electron chi connectivity index (χ4n) is 3.18. The van der Waals surface area contributed by atoms with Crippen LogP contribution in [0.1, 0.15) is 58.4 Å². The van der Waals surface area contributed by atoms with E-state index in [1.807, 2.05) is 37.3 Å². The van der Waals surface area contributed by atoms with Crippen molar-refractivity contribution in [1.29, 1.82) is 0 Å². The molecule has 162 valence electrons. The molecule has 2 rings (SSSR count). The first-order chi connectivity index (χ1) is 13.9. The minimum Gasteiger partial charge on any atom is -0.460 e. The first-order valence-corrected chi connectivity index (χ1v) is 10.2. The Labute approximate surface area is 172 Å². The summed E-state index contributed by atoms with van der Waals surface area (Å²) >= 11 is 0. The lowest BCUT2D eigenvalue weighted by Gasteiger charge is -2.41. The summed E-state index contributed by atoms with van der Waals surface area (Å²) in [4.78, 5) is 22.9. The lowest BCUT2D eigenvalue weighted by atomic mass is 10.0. The second-order valence-corrected chi connectivity index (χ2v) is 7.25. The van der Waals surface area contributed by atoms with E-state index >= 15 is 0 Å². The molecule has 7 heteroatoms. The van der Waals surface area contributed by atoms with Crippen LogP contribution in [0.2, 0.25) is 0 Å². The van der Waals surface area contributed by atoms with Crippen LogP contribution in [0.5, 0.6) is 0 Å². The Morgan fingerprint density at radius 1 is 1.21 bits per heavy atom. The van der Waals surface area contributed by atoms with Crippen molar-refractivity contribution >= 4 is 11.9 Å². The highest BCUT2D eigenvalue weighted by Crippen LogP contribution is 2.32. The van der Waals surface area contributed by atoms with Gasteiger partial charge in [0.25, 0.3) is 0 Å². The molecule has 1 aromatic rings. The number of benzene rings is 1. The van der Waals surface area contributed by atoms with E-state index in [-0.39, 0.29) is 12.7 Å². The summed E-state index contributed by atoms with van der Waals surface area (Å²) in [7, 11) is 0. The van der Waals surface area contributed by atoms with Gasteiger partial charge in [0.2, 0.25) is 12.1 Å². The number of ether oxygens (including phenoxy) is 5. The van der Waals surface area contributed by atoms with Crippen molar-refractivity contribution < 1.29 is 33.3 Å². The normalized spacial score (nSPS) is 22.7. The second kappa shape index (κ2) is 11.9. The van der Waals surface area contributed by atoms with Gasteiger partial charge in [0.15, 0.2) is 0 Å². The molecule has 1 fully saturated rings. The van der Waals surface area contributed by atoms with Gasteiger partial charge in [-0.25, -0.2) is 0 Å². The van der Waals surface area contributed by atoms with Gasteiger partial charge in [0, 0.05) is 26.7 Å². The fourth-order valence-corrected chi connectivity index (χ4v) is 3.18. The maximum absolute atomic E-state index is 11.5. The zero-order valence-corrected chi connectivity index (χ0v) is 17.6. The van der Waals surface area contributed by atoms with Crippen molar-refractivity contribution in [3.05, 3.63) is 35.9 Å². The van der Waals surface area contributed by atoms with Gasteiger partial charge in [0.05, 0.1) is 19.3 Å². The second-order valence-electron chi connectivity index (χ2n) is 7.25. The number of esters is 2. The molecule has 7 nitrogen and oxygen atoms in total. The largest absolute Gasteiger partial charge is 0.460 e. The predicted molar refractivity (Wildman–Crippen MR) is 106 cm³/mol. The molecular formula is C22H32O7. The van der Waals surface area contributed by atoms with Crippen LogP contribution >= 0.6 is 0 Å². The number of rotatable bonds is 11. The van der Waals surface area contributed by atoms with Gasteiger partial charge < -0.3 is 23.7 Å². The average Bonchev–Trinajstić information content (AvgIpc) is 2.70.